The summed E-state index contributed by atoms with van der Waals surface area (Å²) in [6.45, 7) is 8.83. The summed E-state index contributed by atoms with van der Waals surface area (Å²) >= 11 is 1.68. The van der Waals surface area contributed by atoms with Crippen LogP contribution in [-0.4, -0.2) is 38.3 Å². The van der Waals surface area contributed by atoms with E-state index in [4.69, 9.17) is 4.74 Å². The third-order valence-corrected chi connectivity index (χ3v) is 3.62. The molecule has 1 aromatic heterocycles. The predicted molar refractivity (Wildman–Crippen MR) is 101 cm³/mol. The maximum atomic E-state index is 5.01. The summed E-state index contributed by atoms with van der Waals surface area (Å²) in [4.78, 5) is 8.84. The van der Waals surface area contributed by atoms with E-state index < -0.39 is 0 Å². The molecule has 0 unspecified atom stereocenters. The van der Waals surface area contributed by atoms with Crippen LogP contribution < -0.4 is 10.6 Å². The fourth-order valence-electron chi connectivity index (χ4n) is 1.54. The zero-order valence-electron chi connectivity index (χ0n) is 13.5. The first kappa shape index (κ1) is 20.6. The number of hydrogen-bond acceptors (Lipinski definition) is 4. The van der Waals surface area contributed by atoms with Gasteiger partial charge in [-0.2, -0.15) is 0 Å². The number of rotatable bonds is 6. The highest BCUT2D eigenvalue weighted by Gasteiger charge is 2.17. The number of halogens is 1. The lowest BCUT2D eigenvalue weighted by Gasteiger charge is -2.14. The monoisotopic (exact) mass is 426 g/mol. The Balaban J connectivity index is 0.00000400. The second kappa shape index (κ2) is 10.3. The normalized spacial score (nSPS) is 12.0. The molecule has 2 N–H and O–H groups in total. The van der Waals surface area contributed by atoms with Crippen molar-refractivity contribution in [3.63, 3.8) is 0 Å². The van der Waals surface area contributed by atoms with E-state index in [1.54, 1.807) is 25.5 Å². The molecule has 0 radical (unpaired) electrons. The highest BCUT2D eigenvalue weighted by Crippen LogP contribution is 2.23. The Morgan fingerprint density at radius 2 is 2.10 bits per heavy atom. The smallest absolute Gasteiger partial charge is 0.191 e. The van der Waals surface area contributed by atoms with Crippen LogP contribution in [0.2, 0.25) is 0 Å². The van der Waals surface area contributed by atoms with Crippen LogP contribution in [0.25, 0.3) is 0 Å². The van der Waals surface area contributed by atoms with E-state index in [1.807, 2.05) is 0 Å². The van der Waals surface area contributed by atoms with Crippen molar-refractivity contribution in [3.05, 3.63) is 16.1 Å². The van der Waals surface area contributed by atoms with E-state index >= 15 is 0 Å². The highest BCUT2D eigenvalue weighted by molar-refractivity contribution is 14.0. The van der Waals surface area contributed by atoms with Gasteiger partial charge in [0, 0.05) is 38.1 Å². The molecule has 0 bridgehead atoms. The van der Waals surface area contributed by atoms with Crippen molar-refractivity contribution in [2.75, 3.05) is 27.3 Å². The number of aliphatic imine (C=N–C) groups is 1. The number of hydrogen-bond donors (Lipinski definition) is 2. The summed E-state index contributed by atoms with van der Waals surface area (Å²) in [6.07, 6.45) is 0.961. The van der Waals surface area contributed by atoms with Gasteiger partial charge in [-0.05, 0) is 6.42 Å². The van der Waals surface area contributed by atoms with Gasteiger partial charge in [-0.25, -0.2) is 4.98 Å². The maximum Gasteiger partial charge on any atom is 0.191 e. The first-order valence-corrected chi connectivity index (χ1v) is 7.73. The van der Waals surface area contributed by atoms with Gasteiger partial charge in [0.15, 0.2) is 5.96 Å². The van der Waals surface area contributed by atoms with E-state index in [-0.39, 0.29) is 29.4 Å². The molecule has 1 heterocycles. The molecule has 0 saturated heterocycles. The lowest BCUT2D eigenvalue weighted by atomic mass is 9.93. The number of nitrogens with zero attached hydrogens (tertiary/aromatic N) is 2. The largest absolute Gasteiger partial charge is 0.385 e. The Hall–Kier alpha value is -0.410. The molecule has 1 rings (SSSR count). The van der Waals surface area contributed by atoms with Gasteiger partial charge in [0.25, 0.3) is 0 Å². The van der Waals surface area contributed by atoms with Gasteiger partial charge < -0.3 is 15.4 Å². The van der Waals surface area contributed by atoms with Gasteiger partial charge in [0.05, 0.1) is 12.2 Å². The van der Waals surface area contributed by atoms with Crippen LogP contribution in [0.3, 0.4) is 0 Å². The molecule has 0 atom stereocenters. The molecule has 122 valence electrons. The third-order valence-electron chi connectivity index (χ3n) is 2.77. The summed E-state index contributed by atoms with van der Waals surface area (Å²) in [7, 11) is 3.48. The zero-order valence-corrected chi connectivity index (χ0v) is 16.7. The van der Waals surface area contributed by atoms with Crippen molar-refractivity contribution < 1.29 is 4.74 Å². The topological polar surface area (TPSA) is 58.5 Å². The van der Waals surface area contributed by atoms with Gasteiger partial charge in [0.2, 0.25) is 0 Å². The average Bonchev–Trinajstić information content (AvgIpc) is 2.87. The van der Waals surface area contributed by atoms with Crippen LogP contribution in [0.4, 0.5) is 0 Å². The molecule has 21 heavy (non-hydrogen) atoms. The van der Waals surface area contributed by atoms with Crippen LogP contribution in [0, 0.1) is 0 Å². The standard InChI is InChI=1S/C14H26N4OS.HI/c1-14(2,3)11-10-20-12(18-11)9-17-13(15-4)16-7-6-8-19-5;/h10H,6-9H2,1-5H3,(H2,15,16,17);1H. The lowest BCUT2D eigenvalue weighted by Crippen LogP contribution is -2.37. The molecule has 5 nitrogen and oxygen atoms in total. The van der Waals surface area contributed by atoms with Crippen molar-refractivity contribution in [2.45, 2.75) is 39.2 Å². The Morgan fingerprint density at radius 1 is 1.38 bits per heavy atom. The zero-order chi connectivity index (χ0) is 15.0. The highest BCUT2D eigenvalue weighted by atomic mass is 127. The Labute approximate surface area is 149 Å². The quantitative estimate of drug-likeness (QED) is 0.318. The summed E-state index contributed by atoms with van der Waals surface area (Å²) in [6, 6.07) is 0. The molecule has 0 aromatic carbocycles. The van der Waals surface area contributed by atoms with Crippen LogP contribution in [0.5, 0.6) is 0 Å². The Bertz CT molecular complexity index is 429. The van der Waals surface area contributed by atoms with Gasteiger partial charge in [-0.3, -0.25) is 4.99 Å². The fraction of sp³-hybridized carbons (Fsp3) is 0.714. The number of nitrogens with one attached hydrogen (secondary N) is 2. The second-order valence-corrected chi connectivity index (χ2v) is 6.52. The van der Waals surface area contributed by atoms with Crippen molar-refractivity contribution >= 4 is 41.3 Å². The van der Waals surface area contributed by atoms with Gasteiger partial charge in [-0.1, -0.05) is 20.8 Å². The van der Waals surface area contributed by atoms with Crippen LogP contribution in [0.15, 0.2) is 10.4 Å². The molecular weight excluding hydrogens is 399 g/mol. The second-order valence-electron chi connectivity index (χ2n) is 5.58. The minimum absolute atomic E-state index is 0. The SMILES string of the molecule is CN=C(NCCCOC)NCc1nc(C(C)(C)C)cs1.I. The summed E-state index contributed by atoms with van der Waals surface area (Å²) in [5, 5.41) is 9.73. The molecule has 1 aromatic rings. The van der Waals surface area contributed by atoms with Gasteiger partial charge in [-0.15, -0.1) is 35.3 Å². The molecule has 7 heteroatoms. The first-order chi connectivity index (χ1) is 9.47. The predicted octanol–water partition coefficient (Wildman–Crippen LogP) is 2.76. The van der Waals surface area contributed by atoms with Crippen LogP contribution in [0.1, 0.15) is 37.9 Å². The number of aromatic nitrogens is 1. The van der Waals surface area contributed by atoms with E-state index in [0.29, 0.717) is 6.54 Å². The van der Waals surface area contributed by atoms with E-state index in [9.17, 15) is 0 Å². The maximum absolute atomic E-state index is 5.01. The third kappa shape index (κ3) is 7.96. The van der Waals surface area contributed by atoms with Crippen LogP contribution in [-0.2, 0) is 16.7 Å². The minimum Gasteiger partial charge on any atom is -0.385 e. The summed E-state index contributed by atoms with van der Waals surface area (Å²) < 4.78 is 5.01. The molecule has 0 aliphatic rings. The average molecular weight is 426 g/mol. The first-order valence-electron chi connectivity index (χ1n) is 6.85. The van der Waals surface area contributed by atoms with Gasteiger partial charge in [0.1, 0.15) is 5.01 Å². The van der Waals surface area contributed by atoms with Crippen molar-refractivity contribution in [3.8, 4) is 0 Å². The molecule has 0 fully saturated rings. The fourth-order valence-corrected chi connectivity index (χ4v) is 2.50. The molecule has 0 aliphatic carbocycles. The van der Waals surface area contributed by atoms with Crippen molar-refractivity contribution in [2.24, 2.45) is 4.99 Å². The number of guanidine groups is 1. The van der Waals surface area contributed by atoms with Gasteiger partial charge >= 0.3 is 0 Å². The minimum atomic E-state index is 0. The summed E-state index contributed by atoms with van der Waals surface area (Å²) in [5.74, 6) is 0.800. The van der Waals surface area contributed by atoms with Crippen LogP contribution >= 0.6 is 35.3 Å². The van der Waals surface area contributed by atoms with E-state index in [2.05, 4.69) is 46.8 Å². The molecule has 0 amide bonds. The van der Waals surface area contributed by atoms with Crippen molar-refractivity contribution in [1.82, 2.24) is 15.6 Å². The molecular formula is C14H27IN4OS. The van der Waals surface area contributed by atoms with E-state index in [0.717, 1.165) is 36.2 Å². The molecule has 0 spiro atoms. The number of methoxy groups -OCH3 is 1. The van der Waals surface area contributed by atoms with Crippen molar-refractivity contribution in [1.29, 1.82) is 0 Å². The number of thiazole rings is 1. The Kier molecular flexibility index (Phi) is 10.1. The Morgan fingerprint density at radius 3 is 2.62 bits per heavy atom. The molecule has 0 aliphatic heterocycles. The molecule has 0 saturated carbocycles. The summed E-state index contributed by atoms with van der Waals surface area (Å²) in [5.41, 5.74) is 1.25. The van der Waals surface area contributed by atoms with E-state index in [1.165, 1.54) is 0 Å². The number of ether oxygens (including phenoxy) is 1. The lowest BCUT2D eigenvalue weighted by molar-refractivity contribution is 0.195.